The zero-order valence-corrected chi connectivity index (χ0v) is 25.2. The molecule has 1 saturated heterocycles. The van der Waals surface area contributed by atoms with Crippen LogP contribution in [0.1, 0.15) is 45.5 Å². The molecular formula is C33H37FN8O2. The number of benzene rings is 2. The Morgan fingerprint density at radius 3 is 2.66 bits per heavy atom. The first kappa shape index (κ1) is 30.8. The molecule has 1 aliphatic heterocycles. The van der Waals surface area contributed by atoms with E-state index in [-0.39, 0.29) is 18.3 Å². The Balaban J connectivity index is 1.19. The molecule has 0 saturated carbocycles. The van der Waals surface area contributed by atoms with E-state index in [1.54, 1.807) is 47.5 Å². The van der Waals surface area contributed by atoms with Gasteiger partial charge in [-0.2, -0.15) is 5.10 Å². The third-order valence-electron chi connectivity index (χ3n) is 7.61. The van der Waals surface area contributed by atoms with Crippen LogP contribution in [0.3, 0.4) is 0 Å². The zero-order chi connectivity index (χ0) is 31.1. The highest BCUT2D eigenvalue weighted by molar-refractivity contribution is 6.04. The van der Waals surface area contributed by atoms with Gasteiger partial charge >= 0.3 is 0 Å². The number of likely N-dealkylation sites (tertiary alicyclic amines) is 1. The molecule has 5 rings (SSSR count). The van der Waals surface area contributed by atoms with Crippen LogP contribution in [0.15, 0.2) is 61.2 Å². The van der Waals surface area contributed by atoms with Crippen molar-refractivity contribution in [1.29, 1.82) is 0 Å². The van der Waals surface area contributed by atoms with Crippen molar-refractivity contribution in [2.24, 2.45) is 0 Å². The maximum Gasteiger partial charge on any atom is 0.255 e. The summed E-state index contributed by atoms with van der Waals surface area (Å²) in [5.41, 5.74) is 4.41. The number of nitrogens with zero attached hydrogens (tertiary/aromatic N) is 6. The summed E-state index contributed by atoms with van der Waals surface area (Å²) in [5, 5.41) is 19.1. The molecule has 1 amide bonds. The molecule has 2 aromatic heterocycles. The molecule has 4 aromatic rings. The van der Waals surface area contributed by atoms with E-state index in [0.717, 1.165) is 30.8 Å². The third kappa shape index (κ3) is 8.05. The summed E-state index contributed by atoms with van der Waals surface area (Å²) < 4.78 is 16.7. The van der Waals surface area contributed by atoms with Crippen LogP contribution >= 0.6 is 0 Å². The molecule has 10 nitrogen and oxygen atoms in total. The number of hydrogen-bond acceptors (Lipinski definition) is 8. The Bertz CT molecular complexity index is 1660. The molecule has 3 heterocycles. The van der Waals surface area contributed by atoms with Crippen LogP contribution in [0.25, 0.3) is 0 Å². The van der Waals surface area contributed by atoms with E-state index in [9.17, 15) is 9.18 Å². The summed E-state index contributed by atoms with van der Waals surface area (Å²) in [6.45, 7) is 5.06. The van der Waals surface area contributed by atoms with Crippen molar-refractivity contribution in [3.63, 3.8) is 0 Å². The number of aromatic nitrogens is 4. The van der Waals surface area contributed by atoms with Crippen molar-refractivity contribution >= 4 is 23.2 Å². The molecule has 2 aromatic carbocycles. The number of carbonyl (C=O) groups is 1. The predicted molar refractivity (Wildman–Crippen MR) is 168 cm³/mol. The van der Waals surface area contributed by atoms with Crippen molar-refractivity contribution in [2.75, 3.05) is 44.4 Å². The number of anilines is 3. The molecule has 0 bridgehead atoms. The Labute approximate surface area is 256 Å². The van der Waals surface area contributed by atoms with E-state index >= 15 is 0 Å². The minimum Gasteiger partial charge on any atom is -0.396 e. The second-order valence-electron chi connectivity index (χ2n) is 11.2. The average molecular weight is 597 g/mol. The topological polar surface area (TPSA) is 111 Å². The summed E-state index contributed by atoms with van der Waals surface area (Å²) >= 11 is 0. The van der Waals surface area contributed by atoms with Gasteiger partial charge in [-0.1, -0.05) is 24.0 Å². The number of aliphatic hydroxyl groups is 1. The van der Waals surface area contributed by atoms with E-state index in [1.807, 2.05) is 19.2 Å². The maximum atomic E-state index is 14.9. The Morgan fingerprint density at radius 1 is 1.11 bits per heavy atom. The molecule has 3 N–H and O–H groups in total. The van der Waals surface area contributed by atoms with E-state index in [2.05, 4.69) is 61.4 Å². The lowest BCUT2D eigenvalue weighted by Crippen LogP contribution is -2.31. The van der Waals surface area contributed by atoms with Crippen LogP contribution in [0, 0.1) is 24.6 Å². The fourth-order valence-corrected chi connectivity index (χ4v) is 4.98. The molecule has 0 unspecified atom stereocenters. The Hall–Kier alpha value is -4.63. The summed E-state index contributed by atoms with van der Waals surface area (Å²) in [5.74, 6) is 5.90. The van der Waals surface area contributed by atoms with Gasteiger partial charge in [-0.15, -0.1) is 0 Å². The maximum absolute atomic E-state index is 14.9. The lowest BCUT2D eigenvalue weighted by Gasteiger charge is -2.20. The highest BCUT2D eigenvalue weighted by atomic mass is 19.1. The van der Waals surface area contributed by atoms with Gasteiger partial charge in [0.25, 0.3) is 5.91 Å². The van der Waals surface area contributed by atoms with Crippen LogP contribution in [0.2, 0.25) is 0 Å². The summed E-state index contributed by atoms with van der Waals surface area (Å²) in [4.78, 5) is 26.1. The number of likely N-dealkylation sites (N-methyl/N-ethyl adjacent to an activating group) is 1. The van der Waals surface area contributed by atoms with Gasteiger partial charge in [0.1, 0.15) is 5.82 Å². The minimum absolute atomic E-state index is 0.109. The number of nitrogens with one attached hydrogen (secondary N) is 2. The largest absolute Gasteiger partial charge is 0.396 e. The van der Waals surface area contributed by atoms with Gasteiger partial charge in [-0.25, -0.2) is 14.4 Å². The smallest absolute Gasteiger partial charge is 0.255 e. The van der Waals surface area contributed by atoms with E-state index in [0.29, 0.717) is 59.4 Å². The Morgan fingerprint density at radius 2 is 1.93 bits per heavy atom. The monoisotopic (exact) mass is 596 g/mol. The molecular weight excluding hydrogens is 559 g/mol. The molecule has 1 aliphatic rings. The van der Waals surface area contributed by atoms with Crippen LogP contribution in [-0.2, 0) is 13.1 Å². The lowest BCUT2D eigenvalue weighted by atomic mass is 10.0. The summed E-state index contributed by atoms with van der Waals surface area (Å²) in [6, 6.07) is 10.6. The Kier molecular flexibility index (Phi) is 9.96. The van der Waals surface area contributed by atoms with Crippen molar-refractivity contribution in [3.05, 3.63) is 94.8 Å². The number of halogens is 1. The highest BCUT2D eigenvalue weighted by Gasteiger charge is 2.24. The van der Waals surface area contributed by atoms with Crippen LogP contribution in [0.5, 0.6) is 0 Å². The minimum atomic E-state index is -0.341. The van der Waals surface area contributed by atoms with Gasteiger partial charge < -0.3 is 20.6 Å². The fourth-order valence-electron chi connectivity index (χ4n) is 4.98. The van der Waals surface area contributed by atoms with Gasteiger partial charge in [0.05, 0.1) is 17.4 Å². The average Bonchev–Trinajstić information content (AvgIpc) is 3.67. The van der Waals surface area contributed by atoms with Gasteiger partial charge in [0.2, 0.25) is 5.95 Å². The van der Waals surface area contributed by atoms with Crippen LogP contribution in [-0.4, -0.2) is 80.4 Å². The number of rotatable bonds is 10. The van der Waals surface area contributed by atoms with E-state index < -0.39 is 0 Å². The SMILES string of the molecule is Cc1ccc(C(=O)Nc2ccc(CN3CC[C@H](N(C)C)C3)c(F)c2)cc1C#Cc1cnc(Nc2cnn(CCCO)c2)nc1. The molecule has 228 valence electrons. The molecule has 0 aliphatic carbocycles. The standard InChI is InChI=1S/C33H37FN8O2/c1-23-5-7-26(32(44)38-28-10-9-27(31(34)16-28)20-41-13-11-30(22-41)40(2)3)15-25(23)8-6-24-17-35-33(36-18-24)39-29-19-37-42(21-29)12-4-14-43/h5,7,9-10,15-19,21,30,43H,4,11-14,20,22H2,1-3H3,(H,38,44)(H,35,36,39)/t30-/m0/s1. The van der Waals surface area contributed by atoms with Crippen LogP contribution < -0.4 is 10.6 Å². The second-order valence-corrected chi connectivity index (χ2v) is 11.2. The summed E-state index contributed by atoms with van der Waals surface area (Å²) in [7, 11) is 4.15. The zero-order valence-electron chi connectivity index (χ0n) is 25.2. The second kappa shape index (κ2) is 14.2. The summed E-state index contributed by atoms with van der Waals surface area (Å²) in [6.07, 6.45) is 8.43. The molecule has 1 fully saturated rings. The van der Waals surface area contributed by atoms with Crippen molar-refractivity contribution in [3.8, 4) is 11.8 Å². The third-order valence-corrected chi connectivity index (χ3v) is 7.61. The van der Waals surface area contributed by atoms with Crippen molar-refractivity contribution in [2.45, 2.75) is 38.9 Å². The van der Waals surface area contributed by atoms with Crippen molar-refractivity contribution in [1.82, 2.24) is 29.5 Å². The molecule has 0 spiro atoms. The van der Waals surface area contributed by atoms with Gasteiger partial charge in [0.15, 0.2) is 0 Å². The first-order valence-electron chi connectivity index (χ1n) is 14.6. The fraction of sp³-hybridized carbons (Fsp3) is 0.333. The van der Waals surface area contributed by atoms with E-state index in [4.69, 9.17) is 5.11 Å². The number of aryl methyl sites for hydroxylation is 2. The highest BCUT2D eigenvalue weighted by Crippen LogP contribution is 2.21. The molecule has 0 radical (unpaired) electrons. The quantitative estimate of drug-likeness (QED) is 0.236. The molecule has 11 heteroatoms. The number of hydrogen-bond donors (Lipinski definition) is 3. The number of aliphatic hydroxyl groups excluding tert-OH is 1. The van der Waals surface area contributed by atoms with Crippen LogP contribution in [0.4, 0.5) is 21.7 Å². The van der Waals surface area contributed by atoms with E-state index in [1.165, 1.54) is 6.07 Å². The first-order chi connectivity index (χ1) is 21.3. The molecule has 44 heavy (non-hydrogen) atoms. The predicted octanol–water partition coefficient (Wildman–Crippen LogP) is 4.03. The number of carbonyl (C=O) groups excluding carboxylic acids is 1. The number of amides is 1. The molecule has 1 atom stereocenters. The first-order valence-corrected chi connectivity index (χ1v) is 14.6. The normalized spacial score (nSPS) is 14.8. The van der Waals surface area contributed by atoms with Gasteiger partial charge in [0, 0.05) is 79.8 Å². The van der Waals surface area contributed by atoms with Crippen molar-refractivity contribution < 1.29 is 14.3 Å². The van der Waals surface area contributed by atoms with Gasteiger partial charge in [-0.3, -0.25) is 14.4 Å². The van der Waals surface area contributed by atoms with Gasteiger partial charge in [-0.05, 0) is 63.7 Å². The lowest BCUT2D eigenvalue weighted by molar-refractivity contribution is 0.102.